The van der Waals surface area contributed by atoms with Crippen LogP contribution in [0.4, 0.5) is 5.69 Å². The van der Waals surface area contributed by atoms with Gasteiger partial charge in [0.25, 0.3) is 0 Å². The van der Waals surface area contributed by atoms with Gasteiger partial charge >= 0.3 is 0 Å². The van der Waals surface area contributed by atoms with Crippen LogP contribution in [0.3, 0.4) is 0 Å². The number of hydrogen-bond donors (Lipinski definition) is 1. The molecule has 0 bridgehead atoms. The fourth-order valence-electron chi connectivity index (χ4n) is 3.79. The Morgan fingerprint density at radius 1 is 1.17 bits per heavy atom. The standard InChI is InChI=1S/C19H16ClNO2/c20-12-9-7-11(8-10-12)17-14-4-1-3-13(14)15-5-2-6-16(19(22)23)18(15)21-17/h1-3,5-10,13-14,17,21H,4H2,(H,22,23)/p-1/t13-,14+,17+/m0/s1. The minimum Gasteiger partial charge on any atom is -0.545 e. The van der Waals surface area contributed by atoms with Crippen molar-refractivity contribution in [3.8, 4) is 0 Å². The van der Waals surface area contributed by atoms with Crippen LogP contribution in [0.5, 0.6) is 0 Å². The maximum atomic E-state index is 11.5. The number of allylic oxidation sites excluding steroid dienone is 2. The summed E-state index contributed by atoms with van der Waals surface area (Å²) in [5, 5.41) is 15.6. The van der Waals surface area contributed by atoms with Gasteiger partial charge in [-0.3, -0.25) is 0 Å². The van der Waals surface area contributed by atoms with Crippen LogP contribution in [-0.2, 0) is 0 Å². The third-order valence-electron chi connectivity index (χ3n) is 4.85. The predicted molar refractivity (Wildman–Crippen MR) is 88.6 cm³/mol. The molecule has 0 spiro atoms. The van der Waals surface area contributed by atoms with E-state index >= 15 is 0 Å². The molecule has 0 amide bonds. The Balaban J connectivity index is 1.83. The molecule has 3 atom stereocenters. The summed E-state index contributed by atoms with van der Waals surface area (Å²) >= 11 is 5.99. The molecule has 2 aromatic rings. The third kappa shape index (κ3) is 2.32. The lowest BCUT2D eigenvalue weighted by Crippen LogP contribution is -2.32. The van der Waals surface area contributed by atoms with Crippen molar-refractivity contribution in [3.05, 3.63) is 76.3 Å². The van der Waals surface area contributed by atoms with Crippen LogP contribution in [0.1, 0.15) is 39.9 Å². The van der Waals surface area contributed by atoms with E-state index in [0.717, 1.165) is 17.5 Å². The van der Waals surface area contributed by atoms with Crippen LogP contribution in [-0.4, -0.2) is 5.97 Å². The van der Waals surface area contributed by atoms with Crippen LogP contribution in [0, 0.1) is 5.92 Å². The minimum absolute atomic E-state index is 0.0558. The highest BCUT2D eigenvalue weighted by atomic mass is 35.5. The maximum absolute atomic E-state index is 11.5. The van der Waals surface area contributed by atoms with E-state index in [2.05, 4.69) is 17.5 Å². The number of carboxylic acids is 1. The average Bonchev–Trinajstić information content (AvgIpc) is 3.04. The first-order valence-corrected chi connectivity index (χ1v) is 8.06. The fraction of sp³-hybridized carbons (Fsp3) is 0.211. The number of aromatic carboxylic acids is 1. The fourth-order valence-corrected chi connectivity index (χ4v) is 3.92. The number of fused-ring (bicyclic) bond motifs is 3. The molecule has 1 heterocycles. The molecule has 0 saturated heterocycles. The summed E-state index contributed by atoms with van der Waals surface area (Å²) in [4.78, 5) is 11.5. The molecule has 0 radical (unpaired) electrons. The highest BCUT2D eigenvalue weighted by Crippen LogP contribution is 2.50. The van der Waals surface area contributed by atoms with Gasteiger partial charge in [0.05, 0.1) is 12.0 Å². The number of carboxylic acid groups (broad SMARTS) is 1. The lowest BCUT2D eigenvalue weighted by Gasteiger charge is -2.38. The van der Waals surface area contributed by atoms with Crippen molar-refractivity contribution in [1.82, 2.24) is 0 Å². The number of para-hydroxylation sites is 1. The first-order valence-electron chi connectivity index (χ1n) is 7.68. The van der Waals surface area contributed by atoms with E-state index in [1.165, 1.54) is 0 Å². The molecule has 116 valence electrons. The second-order valence-corrected chi connectivity index (χ2v) is 6.52. The average molecular weight is 325 g/mol. The smallest absolute Gasteiger partial charge is 0.0736 e. The van der Waals surface area contributed by atoms with Crippen LogP contribution in [0.25, 0.3) is 0 Å². The summed E-state index contributed by atoms with van der Waals surface area (Å²) in [6.07, 6.45) is 5.34. The second kappa shape index (κ2) is 5.43. The molecule has 0 unspecified atom stereocenters. The first kappa shape index (κ1) is 14.3. The monoisotopic (exact) mass is 324 g/mol. The number of halogens is 1. The topological polar surface area (TPSA) is 52.2 Å². The molecule has 0 aromatic heterocycles. The van der Waals surface area contributed by atoms with Crippen molar-refractivity contribution in [2.24, 2.45) is 5.92 Å². The van der Waals surface area contributed by atoms with Gasteiger partial charge in [0.1, 0.15) is 0 Å². The van der Waals surface area contributed by atoms with Crippen LogP contribution in [0.15, 0.2) is 54.6 Å². The van der Waals surface area contributed by atoms with Crippen LogP contribution in [0.2, 0.25) is 5.02 Å². The van der Waals surface area contributed by atoms with Gasteiger partial charge in [-0.25, -0.2) is 0 Å². The number of nitrogens with one attached hydrogen (secondary N) is 1. The Hall–Kier alpha value is -2.26. The van der Waals surface area contributed by atoms with Gasteiger partial charge < -0.3 is 15.2 Å². The summed E-state index contributed by atoms with van der Waals surface area (Å²) in [7, 11) is 0. The van der Waals surface area contributed by atoms with Crippen molar-refractivity contribution in [3.63, 3.8) is 0 Å². The van der Waals surface area contributed by atoms with E-state index in [0.29, 0.717) is 16.6 Å². The molecule has 0 saturated carbocycles. The molecule has 4 rings (SSSR count). The van der Waals surface area contributed by atoms with Gasteiger partial charge in [0.15, 0.2) is 0 Å². The molecule has 0 fully saturated rings. The van der Waals surface area contributed by atoms with Gasteiger partial charge in [-0.15, -0.1) is 0 Å². The summed E-state index contributed by atoms with van der Waals surface area (Å²) in [6.45, 7) is 0. The molecule has 2 aliphatic rings. The molecule has 23 heavy (non-hydrogen) atoms. The Labute approximate surface area is 139 Å². The third-order valence-corrected chi connectivity index (χ3v) is 5.10. The van der Waals surface area contributed by atoms with Gasteiger partial charge in [0.2, 0.25) is 0 Å². The molecule has 2 aromatic carbocycles. The Morgan fingerprint density at radius 3 is 2.70 bits per heavy atom. The van der Waals surface area contributed by atoms with Crippen molar-refractivity contribution in [1.29, 1.82) is 0 Å². The Kier molecular flexibility index (Phi) is 3.38. The molecular weight excluding hydrogens is 310 g/mol. The Bertz CT molecular complexity index is 798. The minimum atomic E-state index is -1.15. The van der Waals surface area contributed by atoms with E-state index in [4.69, 9.17) is 11.6 Å². The maximum Gasteiger partial charge on any atom is 0.0736 e. The Morgan fingerprint density at radius 2 is 1.96 bits per heavy atom. The zero-order valence-electron chi connectivity index (χ0n) is 12.3. The highest BCUT2D eigenvalue weighted by Gasteiger charge is 2.38. The van der Waals surface area contributed by atoms with Crippen molar-refractivity contribution >= 4 is 23.3 Å². The van der Waals surface area contributed by atoms with Gasteiger partial charge in [-0.2, -0.15) is 0 Å². The summed E-state index contributed by atoms with van der Waals surface area (Å²) < 4.78 is 0. The number of anilines is 1. The van der Waals surface area contributed by atoms with Gasteiger partial charge in [-0.1, -0.05) is 54.1 Å². The first-order chi connectivity index (χ1) is 11.1. The number of rotatable bonds is 2. The lowest BCUT2D eigenvalue weighted by atomic mass is 9.76. The summed E-state index contributed by atoms with van der Waals surface area (Å²) in [5.41, 5.74) is 3.06. The van der Waals surface area contributed by atoms with E-state index in [-0.39, 0.29) is 17.5 Å². The largest absolute Gasteiger partial charge is 0.545 e. The van der Waals surface area contributed by atoms with Gasteiger partial charge in [0, 0.05) is 22.2 Å². The highest BCUT2D eigenvalue weighted by molar-refractivity contribution is 6.30. The summed E-state index contributed by atoms with van der Waals surface area (Å²) in [5.74, 6) is -0.545. The molecular formula is C19H15ClNO2-. The van der Waals surface area contributed by atoms with E-state index in [1.807, 2.05) is 30.3 Å². The number of hydrogen-bond acceptors (Lipinski definition) is 3. The number of carbonyl (C=O) groups is 1. The number of carbonyl (C=O) groups excluding carboxylic acids is 1. The lowest BCUT2D eigenvalue weighted by molar-refractivity contribution is -0.254. The SMILES string of the molecule is O=C([O-])c1cccc2c1N[C@H](c1ccc(Cl)cc1)[C@@H]1CC=C[C@H]21. The van der Waals surface area contributed by atoms with E-state index in [9.17, 15) is 9.90 Å². The van der Waals surface area contributed by atoms with Crippen molar-refractivity contribution in [2.75, 3.05) is 5.32 Å². The van der Waals surface area contributed by atoms with E-state index < -0.39 is 5.97 Å². The normalized spacial score (nSPS) is 24.7. The number of benzene rings is 2. The van der Waals surface area contributed by atoms with E-state index in [1.54, 1.807) is 12.1 Å². The zero-order valence-corrected chi connectivity index (χ0v) is 13.1. The quantitative estimate of drug-likeness (QED) is 0.860. The zero-order chi connectivity index (χ0) is 16.0. The molecule has 3 nitrogen and oxygen atoms in total. The molecule has 4 heteroatoms. The molecule has 1 aliphatic carbocycles. The van der Waals surface area contributed by atoms with Crippen molar-refractivity contribution < 1.29 is 9.90 Å². The van der Waals surface area contributed by atoms with Crippen LogP contribution >= 0.6 is 11.6 Å². The van der Waals surface area contributed by atoms with Gasteiger partial charge in [-0.05, 0) is 35.6 Å². The molecule has 1 N–H and O–H groups in total. The predicted octanol–water partition coefficient (Wildman–Crippen LogP) is 3.53. The second-order valence-electron chi connectivity index (χ2n) is 6.08. The summed E-state index contributed by atoms with van der Waals surface area (Å²) in [6, 6.07) is 13.2. The molecule has 1 aliphatic heterocycles. The van der Waals surface area contributed by atoms with Crippen molar-refractivity contribution in [2.45, 2.75) is 18.4 Å². The van der Waals surface area contributed by atoms with Crippen LogP contribution < -0.4 is 10.4 Å².